The normalized spacial score (nSPS) is 11.8. The van der Waals surface area contributed by atoms with E-state index >= 15 is 0 Å². The summed E-state index contributed by atoms with van der Waals surface area (Å²) < 4.78 is 5.25. The Morgan fingerprint density at radius 1 is 1.48 bits per heavy atom. The van der Waals surface area contributed by atoms with Gasteiger partial charge in [0.15, 0.2) is 0 Å². The molecular formula is C16H21ClN4O2. The molecule has 124 valence electrons. The maximum Gasteiger partial charge on any atom is 0.315 e. The third kappa shape index (κ3) is 4.89. The Balaban J connectivity index is 1.85. The summed E-state index contributed by atoms with van der Waals surface area (Å²) in [5, 5.41) is 13.3. The number of hydrogen-bond acceptors (Lipinski definition) is 3. The van der Waals surface area contributed by atoms with Crippen LogP contribution in [0.15, 0.2) is 24.3 Å². The average molecular weight is 337 g/mol. The van der Waals surface area contributed by atoms with Gasteiger partial charge < -0.3 is 15.4 Å². The Morgan fingerprint density at radius 3 is 2.91 bits per heavy atom. The van der Waals surface area contributed by atoms with Gasteiger partial charge in [-0.2, -0.15) is 5.10 Å². The van der Waals surface area contributed by atoms with Crippen LogP contribution in [0.1, 0.15) is 23.9 Å². The van der Waals surface area contributed by atoms with Crippen molar-refractivity contribution in [2.75, 3.05) is 7.11 Å². The highest BCUT2D eigenvalue weighted by atomic mass is 35.5. The molecule has 0 spiro atoms. The van der Waals surface area contributed by atoms with Crippen molar-refractivity contribution in [3.63, 3.8) is 0 Å². The molecule has 1 aromatic heterocycles. The maximum atomic E-state index is 12.0. The first-order chi connectivity index (χ1) is 11.0. The van der Waals surface area contributed by atoms with Gasteiger partial charge in [-0.05, 0) is 32.0 Å². The number of methoxy groups -OCH3 is 1. The summed E-state index contributed by atoms with van der Waals surface area (Å²) in [5.41, 5.74) is 2.67. The van der Waals surface area contributed by atoms with E-state index in [2.05, 4.69) is 20.8 Å². The van der Waals surface area contributed by atoms with Crippen molar-refractivity contribution in [2.45, 2.75) is 32.9 Å². The number of amides is 2. The zero-order valence-corrected chi connectivity index (χ0v) is 14.2. The largest absolute Gasteiger partial charge is 0.496 e. The highest BCUT2D eigenvalue weighted by molar-refractivity contribution is 6.31. The number of benzene rings is 1. The fourth-order valence-corrected chi connectivity index (χ4v) is 2.52. The number of aryl methyl sites for hydroxylation is 1. The van der Waals surface area contributed by atoms with E-state index in [4.69, 9.17) is 16.3 Å². The monoisotopic (exact) mass is 336 g/mol. The third-order valence-corrected chi connectivity index (χ3v) is 3.73. The molecule has 1 atom stereocenters. The third-order valence-electron chi connectivity index (χ3n) is 3.37. The first kappa shape index (κ1) is 17.1. The lowest BCUT2D eigenvalue weighted by Gasteiger charge is -2.15. The molecule has 2 aromatic rings. The number of hydrogen-bond donors (Lipinski definition) is 3. The Kier molecular flexibility index (Phi) is 5.87. The summed E-state index contributed by atoms with van der Waals surface area (Å²) in [5.74, 6) is 0.651. The van der Waals surface area contributed by atoms with Crippen LogP contribution in [0.2, 0.25) is 5.02 Å². The second kappa shape index (κ2) is 7.87. The Hall–Kier alpha value is -2.21. The summed E-state index contributed by atoms with van der Waals surface area (Å²) in [4.78, 5) is 12.0. The van der Waals surface area contributed by atoms with E-state index in [9.17, 15) is 4.79 Å². The van der Waals surface area contributed by atoms with E-state index in [1.54, 1.807) is 19.2 Å². The molecule has 6 nitrogen and oxygen atoms in total. The number of H-pyrrole nitrogens is 1. The molecule has 0 aliphatic rings. The molecule has 0 saturated heterocycles. The number of carbonyl (C=O) groups excluding carboxylic acids is 1. The fourth-order valence-electron chi connectivity index (χ4n) is 2.29. The summed E-state index contributed by atoms with van der Waals surface area (Å²) in [6, 6.07) is 7.05. The van der Waals surface area contributed by atoms with Crippen molar-refractivity contribution < 1.29 is 9.53 Å². The quantitative estimate of drug-likeness (QED) is 0.759. The first-order valence-electron chi connectivity index (χ1n) is 7.36. The number of nitrogens with one attached hydrogen (secondary N) is 3. The summed E-state index contributed by atoms with van der Waals surface area (Å²) >= 11 is 6.14. The molecule has 1 aromatic carbocycles. The van der Waals surface area contributed by atoms with Crippen LogP contribution in [0, 0.1) is 6.92 Å². The molecule has 0 fully saturated rings. The Morgan fingerprint density at radius 2 is 2.26 bits per heavy atom. The summed E-state index contributed by atoms with van der Waals surface area (Å²) in [6.45, 7) is 4.17. The molecule has 0 aliphatic heterocycles. The van der Waals surface area contributed by atoms with E-state index in [-0.39, 0.29) is 12.1 Å². The van der Waals surface area contributed by atoms with Gasteiger partial charge >= 0.3 is 6.03 Å². The molecule has 0 saturated carbocycles. The summed E-state index contributed by atoms with van der Waals surface area (Å²) in [6.07, 6.45) is 0.660. The molecule has 0 radical (unpaired) electrons. The van der Waals surface area contributed by atoms with Gasteiger partial charge in [-0.25, -0.2) is 4.79 Å². The van der Waals surface area contributed by atoms with E-state index in [0.717, 1.165) is 17.0 Å². The van der Waals surface area contributed by atoms with Crippen molar-refractivity contribution >= 4 is 17.6 Å². The second-order valence-corrected chi connectivity index (χ2v) is 5.80. The average Bonchev–Trinajstić information content (AvgIpc) is 2.90. The zero-order valence-electron chi connectivity index (χ0n) is 13.4. The van der Waals surface area contributed by atoms with Crippen LogP contribution >= 0.6 is 11.6 Å². The smallest absolute Gasteiger partial charge is 0.315 e. The van der Waals surface area contributed by atoms with Gasteiger partial charge in [-0.3, -0.25) is 5.10 Å². The highest BCUT2D eigenvalue weighted by Crippen LogP contribution is 2.25. The predicted octanol–water partition coefficient (Wildman–Crippen LogP) is 2.81. The molecule has 2 rings (SSSR count). The number of carbonyl (C=O) groups is 1. The minimum Gasteiger partial charge on any atom is -0.496 e. The molecule has 0 aliphatic carbocycles. The van der Waals surface area contributed by atoms with Gasteiger partial charge in [0.2, 0.25) is 0 Å². The number of aromatic amines is 1. The molecular weight excluding hydrogens is 316 g/mol. The van der Waals surface area contributed by atoms with Gasteiger partial charge in [0.1, 0.15) is 5.75 Å². The topological polar surface area (TPSA) is 79.0 Å². The predicted molar refractivity (Wildman–Crippen MR) is 89.9 cm³/mol. The van der Waals surface area contributed by atoms with E-state index in [0.29, 0.717) is 23.7 Å². The van der Waals surface area contributed by atoms with Crippen LogP contribution < -0.4 is 15.4 Å². The molecule has 7 heteroatoms. The van der Waals surface area contributed by atoms with Crippen molar-refractivity contribution in [2.24, 2.45) is 0 Å². The molecule has 1 heterocycles. The van der Waals surface area contributed by atoms with Gasteiger partial charge in [0.05, 0.1) is 12.8 Å². The molecule has 3 N–H and O–H groups in total. The minimum absolute atomic E-state index is 0.0363. The Labute approximate surface area is 140 Å². The SMILES string of the molecule is COc1cccc(Cl)c1CNC(=O)N[C@@H](C)Cc1cc(C)[nH]n1. The molecule has 0 bridgehead atoms. The highest BCUT2D eigenvalue weighted by Gasteiger charge is 2.12. The van der Waals surface area contributed by atoms with Gasteiger partial charge in [-0.15, -0.1) is 0 Å². The molecule has 23 heavy (non-hydrogen) atoms. The maximum absolute atomic E-state index is 12.0. The van der Waals surface area contributed by atoms with Crippen LogP contribution in [0.4, 0.5) is 4.79 Å². The first-order valence-corrected chi connectivity index (χ1v) is 7.74. The van der Waals surface area contributed by atoms with Crippen LogP contribution in [0.5, 0.6) is 5.75 Å². The second-order valence-electron chi connectivity index (χ2n) is 5.40. The van der Waals surface area contributed by atoms with E-state index < -0.39 is 0 Å². The number of halogens is 1. The molecule has 2 amide bonds. The van der Waals surface area contributed by atoms with E-state index in [1.165, 1.54) is 0 Å². The van der Waals surface area contributed by atoms with Crippen molar-refractivity contribution in [3.8, 4) is 5.75 Å². The van der Waals surface area contributed by atoms with Crippen molar-refractivity contribution in [1.82, 2.24) is 20.8 Å². The minimum atomic E-state index is -0.258. The standard InChI is InChI=1S/C16H21ClN4O2/c1-10(7-12-8-11(2)20-21-12)19-16(22)18-9-13-14(17)5-4-6-15(13)23-3/h4-6,8,10H,7,9H2,1-3H3,(H,20,21)(H2,18,19,22)/t10-/m0/s1. The number of rotatable bonds is 6. The number of nitrogens with zero attached hydrogens (tertiary/aromatic N) is 1. The lowest BCUT2D eigenvalue weighted by Crippen LogP contribution is -2.41. The van der Waals surface area contributed by atoms with Crippen molar-refractivity contribution in [3.05, 3.63) is 46.2 Å². The lowest BCUT2D eigenvalue weighted by molar-refractivity contribution is 0.237. The van der Waals surface area contributed by atoms with Crippen LogP contribution in [0.25, 0.3) is 0 Å². The van der Waals surface area contributed by atoms with Crippen LogP contribution in [-0.4, -0.2) is 29.4 Å². The van der Waals surface area contributed by atoms with Crippen molar-refractivity contribution in [1.29, 1.82) is 0 Å². The van der Waals surface area contributed by atoms with Gasteiger partial charge in [0.25, 0.3) is 0 Å². The van der Waals surface area contributed by atoms with E-state index in [1.807, 2.05) is 26.0 Å². The zero-order chi connectivity index (χ0) is 16.8. The Bertz CT molecular complexity index is 672. The fraction of sp³-hybridized carbons (Fsp3) is 0.375. The number of ether oxygens (including phenoxy) is 1. The number of urea groups is 1. The van der Waals surface area contributed by atoms with Gasteiger partial charge in [-0.1, -0.05) is 17.7 Å². The van der Waals surface area contributed by atoms with Crippen LogP contribution in [0.3, 0.4) is 0 Å². The lowest BCUT2D eigenvalue weighted by atomic mass is 10.2. The number of aromatic nitrogens is 2. The molecule has 0 unspecified atom stereocenters. The van der Waals surface area contributed by atoms with Crippen LogP contribution in [-0.2, 0) is 13.0 Å². The summed E-state index contributed by atoms with van der Waals surface area (Å²) in [7, 11) is 1.57. The van der Waals surface area contributed by atoms with Gasteiger partial charge in [0, 0.05) is 35.3 Å².